The number of pyridine rings is 1. The lowest BCUT2D eigenvalue weighted by atomic mass is 9.79. The number of rotatable bonds is 8. The number of hydrogen-bond acceptors (Lipinski definition) is 6. The normalized spacial score (nSPS) is 19.0. The van der Waals surface area contributed by atoms with Crippen LogP contribution in [0, 0.1) is 29.5 Å². The van der Waals surface area contributed by atoms with Crippen molar-refractivity contribution in [1.82, 2.24) is 9.88 Å². The zero-order chi connectivity index (χ0) is 25.7. The molecule has 4 rings (SSSR count). The maximum Gasteiger partial charge on any atom is 0.303 e. The number of nitrogens with two attached hydrogens (primary N) is 1. The van der Waals surface area contributed by atoms with E-state index in [-0.39, 0.29) is 30.1 Å². The summed E-state index contributed by atoms with van der Waals surface area (Å²) in [4.78, 5) is 18.9. The SMILES string of the molecule is COc1ccc2ncc(Cl)c([C@@H](N)CC[C@@H]3CCN(CC#Cc4cc(F)cs4)C[C@@H]3CC(=O)O)c2c1. The van der Waals surface area contributed by atoms with Crippen molar-refractivity contribution in [2.75, 3.05) is 26.7 Å². The molecule has 3 aromatic rings. The van der Waals surface area contributed by atoms with Crippen molar-refractivity contribution in [1.29, 1.82) is 0 Å². The van der Waals surface area contributed by atoms with Crippen molar-refractivity contribution in [3.05, 3.63) is 57.1 Å². The molecule has 0 amide bonds. The second-order valence-corrected chi connectivity index (χ2v) is 10.5. The predicted octanol–water partition coefficient (Wildman–Crippen LogP) is 5.34. The summed E-state index contributed by atoms with van der Waals surface area (Å²) in [5, 5.41) is 12.3. The molecular weight excluding hydrogens is 501 g/mol. The van der Waals surface area contributed by atoms with Gasteiger partial charge in [-0.1, -0.05) is 23.4 Å². The molecule has 1 fully saturated rings. The number of aliphatic carboxylic acids is 1. The maximum absolute atomic E-state index is 13.1. The van der Waals surface area contributed by atoms with Gasteiger partial charge < -0.3 is 15.6 Å². The Bertz CT molecular complexity index is 1290. The van der Waals surface area contributed by atoms with E-state index in [1.165, 1.54) is 22.8 Å². The molecule has 0 bridgehead atoms. The number of benzene rings is 1. The number of nitrogens with zero attached hydrogens (tertiary/aromatic N) is 2. The fourth-order valence-electron chi connectivity index (χ4n) is 4.96. The van der Waals surface area contributed by atoms with Crippen LogP contribution in [0.1, 0.15) is 42.2 Å². The minimum absolute atomic E-state index is 0.00850. The molecule has 1 aliphatic rings. The molecule has 1 aromatic carbocycles. The molecule has 0 unspecified atom stereocenters. The van der Waals surface area contributed by atoms with Crippen LogP contribution in [0.2, 0.25) is 5.02 Å². The predicted molar refractivity (Wildman–Crippen MR) is 141 cm³/mol. The molecule has 0 saturated carbocycles. The smallest absolute Gasteiger partial charge is 0.303 e. The van der Waals surface area contributed by atoms with Crippen LogP contribution in [-0.4, -0.2) is 47.7 Å². The highest BCUT2D eigenvalue weighted by molar-refractivity contribution is 7.10. The monoisotopic (exact) mass is 529 g/mol. The topological polar surface area (TPSA) is 88.7 Å². The van der Waals surface area contributed by atoms with Crippen molar-refractivity contribution in [2.24, 2.45) is 17.6 Å². The third-order valence-corrected chi connectivity index (χ3v) is 7.90. The van der Waals surface area contributed by atoms with Crippen molar-refractivity contribution in [3.63, 3.8) is 0 Å². The summed E-state index contributed by atoms with van der Waals surface area (Å²) in [6, 6.07) is 6.76. The van der Waals surface area contributed by atoms with Gasteiger partial charge in [-0.3, -0.25) is 14.7 Å². The van der Waals surface area contributed by atoms with Crippen LogP contribution >= 0.6 is 22.9 Å². The lowest BCUT2D eigenvalue weighted by Gasteiger charge is -2.37. The number of halogens is 2. The minimum Gasteiger partial charge on any atom is -0.497 e. The van der Waals surface area contributed by atoms with Gasteiger partial charge >= 0.3 is 5.97 Å². The Morgan fingerprint density at radius 3 is 2.97 bits per heavy atom. The molecule has 0 aliphatic carbocycles. The summed E-state index contributed by atoms with van der Waals surface area (Å²) >= 11 is 7.80. The number of piperidine rings is 1. The van der Waals surface area contributed by atoms with Crippen LogP contribution < -0.4 is 10.5 Å². The quantitative estimate of drug-likeness (QED) is 0.383. The lowest BCUT2D eigenvalue weighted by Crippen LogP contribution is -2.41. The van der Waals surface area contributed by atoms with E-state index in [1.807, 2.05) is 18.2 Å². The fourth-order valence-corrected chi connectivity index (χ4v) is 5.87. The van der Waals surface area contributed by atoms with E-state index in [4.69, 9.17) is 22.1 Å². The highest BCUT2D eigenvalue weighted by atomic mass is 35.5. The Kier molecular flexibility index (Phi) is 8.81. The highest BCUT2D eigenvalue weighted by Gasteiger charge is 2.31. The first-order chi connectivity index (χ1) is 17.3. The van der Waals surface area contributed by atoms with E-state index in [0.29, 0.717) is 35.2 Å². The first-order valence-corrected chi connectivity index (χ1v) is 13.1. The Labute approximate surface area is 219 Å². The number of likely N-dealkylation sites (tertiary alicyclic amines) is 1. The van der Waals surface area contributed by atoms with Crippen LogP contribution in [0.25, 0.3) is 10.9 Å². The summed E-state index contributed by atoms with van der Waals surface area (Å²) in [6.45, 7) is 2.03. The average Bonchev–Trinajstić information content (AvgIpc) is 3.27. The van der Waals surface area contributed by atoms with E-state index in [9.17, 15) is 14.3 Å². The van der Waals surface area contributed by atoms with Crippen molar-refractivity contribution >= 4 is 39.8 Å². The van der Waals surface area contributed by atoms with Gasteiger partial charge in [0, 0.05) is 42.0 Å². The number of carbonyl (C=O) groups is 1. The molecule has 6 nitrogen and oxygen atoms in total. The third kappa shape index (κ3) is 6.54. The summed E-state index contributed by atoms with van der Waals surface area (Å²) in [7, 11) is 1.61. The molecule has 9 heteroatoms. The minimum atomic E-state index is -0.799. The van der Waals surface area contributed by atoms with E-state index in [1.54, 1.807) is 13.3 Å². The maximum atomic E-state index is 13.1. The largest absolute Gasteiger partial charge is 0.497 e. The zero-order valence-electron chi connectivity index (χ0n) is 20.0. The number of methoxy groups -OCH3 is 1. The van der Waals surface area contributed by atoms with E-state index in [2.05, 4.69) is 21.7 Å². The van der Waals surface area contributed by atoms with E-state index < -0.39 is 5.97 Å². The van der Waals surface area contributed by atoms with Gasteiger partial charge in [-0.25, -0.2) is 4.39 Å². The summed E-state index contributed by atoms with van der Waals surface area (Å²) in [5.41, 5.74) is 8.28. The van der Waals surface area contributed by atoms with Crippen LogP contribution in [0.4, 0.5) is 4.39 Å². The van der Waals surface area contributed by atoms with Gasteiger partial charge in [0.05, 0.1) is 29.1 Å². The second-order valence-electron chi connectivity index (χ2n) is 9.16. The number of ether oxygens (including phenoxy) is 1. The number of aromatic nitrogens is 1. The molecule has 2 aromatic heterocycles. The molecular formula is C27H29ClFN3O3S. The van der Waals surface area contributed by atoms with Gasteiger partial charge in [0.1, 0.15) is 11.6 Å². The van der Waals surface area contributed by atoms with Gasteiger partial charge in [0.15, 0.2) is 0 Å². The average molecular weight is 530 g/mol. The zero-order valence-corrected chi connectivity index (χ0v) is 21.6. The van der Waals surface area contributed by atoms with Gasteiger partial charge in [-0.15, -0.1) is 11.3 Å². The summed E-state index contributed by atoms with van der Waals surface area (Å²) < 4.78 is 18.5. The van der Waals surface area contributed by atoms with Crippen molar-refractivity contribution < 1.29 is 19.0 Å². The molecule has 36 heavy (non-hydrogen) atoms. The molecule has 3 heterocycles. The van der Waals surface area contributed by atoms with Crippen LogP contribution in [0.5, 0.6) is 5.75 Å². The third-order valence-electron chi connectivity index (χ3n) is 6.78. The Hall–Kier alpha value is -2.70. The standard InChI is InChI=1S/C27H29ClFN3O3S/c1-35-20-5-7-25-22(13-20)27(23(28)14-31-25)24(30)6-4-17-8-10-32(15-18(17)11-26(33)34)9-2-3-21-12-19(29)16-36-21/h5,7,12-14,16-18,24H,4,6,8-11,15,30H2,1H3,(H,33,34)/t17-,18+,24+/m1/s1. The first kappa shape index (κ1) is 26.4. The van der Waals surface area contributed by atoms with E-state index in [0.717, 1.165) is 35.9 Å². The Morgan fingerprint density at radius 2 is 2.25 bits per heavy atom. The van der Waals surface area contributed by atoms with Gasteiger partial charge in [0.2, 0.25) is 0 Å². The lowest BCUT2D eigenvalue weighted by molar-refractivity contribution is -0.139. The van der Waals surface area contributed by atoms with Crippen LogP contribution in [0.3, 0.4) is 0 Å². The summed E-state index contributed by atoms with van der Waals surface area (Å²) in [6.07, 6.45) is 4.09. The molecule has 0 spiro atoms. The first-order valence-electron chi connectivity index (χ1n) is 11.9. The number of hydrogen-bond donors (Lipinski definition) is 2. The number of fused-ring (bicyclic) bond motifs is 1. The second kappa shape index (κ2) is 12.0. The van der Waals surface area contributed by atoms with Crippen molar-refractivity contribution in [2.45, 2.75) is 31.7 Å². The molecule has 3 atom stereocenters. The number of thiophene rings is 1. The molecule has 1 aliphatic heterocycles. The van der Waals surface area contributed by atoms with E-state index >= 15 is 0 Å². The summed E-state index contributed by atoms with van der Waals surface area (Å²) in [5.74, 6) is 5.98. The van der Waals surface area contributed by atoms with Gasteiger partial charge in [0.25, 0.3) is 0 Å². The Balaban J connectivity index is 1.42. The van der Waals surface area contributed by atoms with Crippen LogP contribution in [0.15, 0.2) is 35.8 Å². The van der Waals surface area contributed by atoms with Crippen LogP contribution in [-0.2, 0) is 4.79 Å². The molecule has 0 radical (unpaired) electrons. The van der Waals surface area contributed by atoms with Crippen molar-refractivity contribution in [3.8, 4) is 17.6 Å². The number of carboxylic acid groups (broad SMARTS) is 1. The fraction of sp³-hybridized carbons (Fsp3) is 0.407. The highest BCUT2D eigenvalue weighted by Crippen LogP contribution is 2.36. The Morgan fingerprint density at radius 1 is 1.42 bits per heavy atom. The molecule has 1 saturated heterocycles. The van der Waals surface area contributed by atoms with Gasteiger partial charge in [-0.05, 0) is 61.4 Å². The molecule has 3 N–H and O–H groups in total. The number of carboxylic acids is 1. The molecule has 190 valence electrons. The van der Waals surface area contributed by atoms with Gasteiger partial charge in [-0.2, -0.15) is 0 Å².